The fraction of sp³-hybridized carbons (Fsp3) is 0.526. The van der Waals surface area contributed by atoms with Crippen LogP contribution in [0.3, 0.4) is 0 Å². The molecule has 0 saturated carbocycles. The molecule has 1 aromatic heterocycles. The number of ketones is 1. The Kier molecular flexibility index (Phi) is 3.74. The van der Waals surface area contributed by atoms with E-state index in [1.54, 1.807) is 0 Å². The number of hydrogen-bond donors (Lipinski definition) is 0. The van der Waals surface area contributed by atoms with E-state index in [1.165, 1.54) is 11.2 Å². The SMILES string of the molecule is CN1CCN(CC2CCc3c(c4ccccc4n3C)C2=O)CC1. The molecule has 1 aliphatic heterocycles. The summed E-state index contributed by atoms with van der Waals surface area (Å²) < 4.78 is 2.22. The van der Waals surface area contributed by atoms with Gasteiger partial charge in [0.1, 0.15) is 0 Å². The molecule has 23 heavy (non-hydrogen) atoms. The maximum atomic E-state index is 13.1. The van der Waals surface area contributed by atoms with Gasteiger partial charge in [-0.2, -0.15) is 0 Å². The second-order valence-corrected chi connectivity index (χ2v) is 7.10. The van der Waals surface area contributed by atoms with Gasteiger partial charge >= 0.3 is 0 Å². The van der Waals surface area contributed by atoms with E-state index in [9.17, 15) is 4.79 Å². The number of fused-ring (bicyclic) bond motifs is 3. The molecule has 0 spiro atoms. The molecule has 1 aliphatic carbocycles. The van der Waals surface area contributed by atoms with Crippen LogP contribution in [0.2, 0.25) is 0 Å². The number of aromatic nitrogens is 1. The first kappa shape index (κ1) is 14.9. The number of likely N-dealkylation sites (N-methyl/N-ethyl adjacent to an activating group) is 1. The van der Waals surface area contributed by atoms with E-state index in [1.807, 2.05) is 6.07 Å². The number of piperazine rings is 1. The Morgan fingerprint density at radius 1 is 1.09 bits per heavy atom. The van der Waals surface area contributed by atoms with Crippen molar-refractivity contribution < 1.29 is 4.79 Å². The van der Waals surface area contributed by atoms with Crippen molar-refractivity contribution >= 4 is 16.7 Å². The van der Waals surface area contributed by atoms with E-state index in [0.717, 1.165) is 56.5 Å². The van der Waals surface area contributed by atoms with Crippen molar-refractivity contribution in [1.82, 2.24) is 14.4 Å². The van der Waals surface area contributed by atoms with Crippen LogP contribution >= 0.6 is 0 Å². The average molecular weight is 311 g/mol. The highest BCUT2D eigenvalue weighted by molar-refractivity contribution is 6.11. The van der Waals surface area contributed by atoms with Crippen molar-refractivity contribution in [2.75, 3.05) is 39.8 Å². The van der Waals surface area contributed by atoms with Crippen LogP contribution in [0.15, 0.2) is 24.3 Å². The Bertz CT molecular complexity index is 740. The van der Waals surface area contributed by atoms with Gasteiger partial charge in [0.25, 0.3) is 0 Å². The van der Waals surface area contributed by atoms with Gasteiger partial charge < -0.3 is 14.4 Å². The predicted octanol–water partition coefficient (Wildman–Crippen LogP) is 2.17. The average Bonchev–Trinajstić information content (AvgIpc) is 2.86. The van der Waals surface area contributed by atoms with Crippen molar-refractivity contribution in [1.29, 1.82) is 0 Å². The minimum absolute atomic E-state index is 0.164. The molecule has 1 aromatic carbocycles. The van der Waals surface area contributed by atoms with Crippen molar-refractivity contribution in [3.8, 4) is 0 Å². The van der Waals surface area contributed by atoms with Crippen LogP contribution in [0.25, 0.3) is 10.9 Å². The summed E-state index contributed by atoms with van der Waals surface area (Å²) in [5.74, 6) is 0.527. The maximum Gasteiger partial charge on any atom is 0.169 e. The van der Waals surface area contributed by atoms with Gasteiger partial charge in [0.15, 0.2) is 5.78 Å². The Hall–Kier alpha value is -1.65. The number of benzene rings is 1. The van der Waals surface area contributed by atoms with Crippen LogP contribution in [0.5, 0.6) is 0 Å². The first-order chi connectivity index (χ1) is 11.1. The van der Waals surface area contributed by atoms with Crippen molar-refractivity contribution in [2.24, 2.45) is 13.0 Å². The minimum Gasteiger partial charge on any atom is -0.347 e. The van der Waals surface area contributed by atoms with Crippen LogP contribution in [0.4, 0.5) is 0 Å². The van der Waals surface area contributed by atoms with Crippen LogP contribution in [0.1, 0.15) is 22.5 Å². The smallest absolute Gasteiger partial charge is 0.169 e. The standard InChI is InChI=1S/C19H25N3O/c1-20-9-11-22(12-10-20)13-14-7-8-17-18(19(14)23)15-5-3-4-6-16(15)21(17)2/h3-6,14H,7-13H2,1-2H3. The summed E-state index contributed by atoms with van der Waals surface area (Å²) in [5.41, 5.74) is 3.41. The summed E-state index contributed by atoms with van der Waals surface area (Å²) in [6.07, 6.45) is 2.01. The lowest BCUT2D eigenvalue weighted by molar-refractivity contribution is 0.0812. The molecule has 1 atom stereocenters. The third-order valence-corrected chi connectivity index (χ3v) is 5.65. The van der Waals surface area contributed by atoms with E-state index in [0.29, 0.717) is 5.78 Å². The second-order valence-electron chi connectivity index (χ2n) is 7.10. The molecule has 0 radical (unpaired) electrons. The molecule has 4 rings (SSSR count). The monoisotopic (exact) mass is 311 g/mol. The predicted molar refractivity (Wildman–Crippen MR) is 93.0 cm³/mol. The van der Waals surface area contributed by atoms with Crippen LogP contribution in [0, 0.1) is 5.92 Å². The zero-order chi connectivity index (χ0) is 16.0. The first-order valence-electron chi connectivity index (χ1n) is 8.66. The summed E-state index contributed by atoms with van der Waals surface area (Å²) in [6.45, 7) is 5.32. The first-order valence-corrected chi connectivity index (χ1v) is 8.66. The molecule has 1 unspecified atom stereocenters. The fourth-order valence-electron chi connectivity index (χ4n) is 4.18. The van der Waals surface area contributed by atoms with E-state index < -0.39 is 0 Å². The highest BCUT2D eigenvalue weighted by Gasteiger charge is 2.33. The summed E-state index contributed by atoms with van der Waals surface area (Å²) >= 11 is 0. The summed E-state index contributed by atoms with van der Waals surface area (Å²) in [7, 11) is 4.26. The van der Waals surface area contributed by atoms with Gasteiger partial charge in [-0.25, -0.2) is 0 Å². The Balaban J connectivity index is 1.61. The molecular weight excluding hydrogens is 286 g/mol. The van der Waals surface area contributed by atoms with Gasteiger partial charge in [-0.1, -0.05) is 18.2 Å². The molecule has 2 heterocycles. The number of para-hydroxylation sites is 1. The topological polar surface area (TPSA) is 28.5 Å². The van der Waals surface area contributed by atoms with Crippen LogP contribution < -0.4 is 0 Å². The molecular formula is C19H25N3O. The fourth-order valence-corrected chi connectivity index (χ4v) is 4.18. The highest BCUT2D eigenvalue weighted by atomic mass is 16.1. The maximum absolute atomic E-state index is 13.1. The third kappa shape index (κ3) is 2.50. The molecule has 0 N–H and O–H groups in total. The van der Waals surface area contributed by atoms with E-state index >= 15 is 0 Å². The van der Waals surface area contributed by atoms with Gasteiger partial charge in [-0.3, -0.25) is 4.79 Å². The molecule has 0 amide bonds. The molecule has 1 fully saturated rings. The van der Waals surface area contributed by atoms with E-state index in [-0.39, 0.29) is 5.92 Å². The summed E-state index contributed by atoms with van der Waals surface area (Å²) in [4.78, 5) is 18.0. The van der Waals surface area contributed by atoms with E-state index in [2.05, 4.69) is 46.7 Å². The number of hydrogen-bond acceptors (Lipinski definition) is 3. The molecule has 0 bridgehead atoms. The van der Waals surface area contributed by atoms with Crippen LogP contribution in [-0.4, -0.2) is 59.9 Å². The number of carbonyl (C=O) groups is 1. The lowest BCUT2D eigenvalue weighted by atomic mass is 9.84. The van der Waals surface area contributed by atoms with Gasteiger partial charge in [-0.15, -0.1) is 0 Å². The molecule has 4 heteroatoms. The zero-order valence-electron chi connectivity index (χ0n) is 14.1. The van der Waals surface area contributed by atoms with Crippen LogP contribution in [-0.2, 0) is 13.5 Å². The van der Waals surface area contributed by atoms with Crippen molar-refractivity contribution in [3.05, 3.63) is 35.5 Å². The van der Waals surface area contributed by atoms with Gasteiger partial charge in [0, 0.05) is 67.8 Å². The molecule has 1 saturated heterocycles. The Morgan fingerprint density at radius 3 is 2.61 bits per heavy atom. The quantitative estimate of drug-likeness (QED) is 0.851. The van der Waals surface area contributed by atoms with Gasteiger partial charge in [-0.05, 0) is 26.0 Å². The molecule has 2 aromatic rings. The van der Waals surface area contributed by atoms with E-state index in [4.69, 9.17) is 0 Å². The molecule has 2 aliphatic rings. The Labute approximate surface area is 137 Å². The lowest BCUT2D eigenvalue weighted by Crippen LogP contribution is -2.47. The largest absolute Gasteiger partial charge is 0.347 e. The second kappa shape index (κ2) is 5.77. The number of rotatable bonds is 2. The van der Waals surface area contributed by atoms with Crippen molar-refractivity contribution in [3.63, 3.8) is 0 Å². The zero-order valence-corrected chi connectivity index (χ0v) is 14.1. The third-order valence-electron chi connectivity index (χ3n) is 5.65. The minimum atomic E-state index is 0.164. The Morgan fingerprint density at radius 2 is 1.83 bits per heavy atom. The number of nitrogens with zero attached hydrogens (tertiary/aromatic N) is 3. The number of carbonyl (C=O) groups excluding carboxylic acids is 1. The summed E-state index contributed by atoms with van der Waals surface area (Å²) in [6, 6.07) is 8.32. The normalized spacial score (nSPS) is 23.4. The number of Topliss-reactive ketones (excluding diaryl/α,β-unsaturated/α-hetero) is 1. The van der Waals surface area contributed by atoms with Gasteiger partial charge in [0.2, 0.25) is 0 Å². The summed E-state index contributed by atoms with van der Waals surface area (Å²) in [5, 5.41) is 1.14. The van der Waals surface area contributed by atoms with Crippen molar-refractivity contribution in [2.45, 2.75) is 12.8 Å². The molecule has 122 valence electrons. The molecule has 4 nitrogen and oxygen atoms in total. The van der Waals surface area contributed by atoms with Gasteiger partial charge in [0.05, 0.1) is 0 Å². The number of aryl methyl sites for hydroxylation is 1. The highest BCUT2D eigenvalue weighted by Crippen LogP contribution is 2.34. The lowest BCUT2D eigenvalue weighted by Gasteiger charge is -2.35.